The summed E-state index contributed by atoms with van der Waals surface area (Å²) in [7, 11) is -3.68. The minimum absolute atomic E-state index is 0.104. The van der Waals surface area contributed by atoms with Crippen LogP contribution < -0.4 is 5.56 Å². The fourth-order valence-corrected chi connectivity index (χ4v) is 5.73. The maximum absolute atomic E-state index is 12.9. The number of aryl methyl sites for hydroxylation is 2. The zero-order valence-electron chi connectivity index (χ0n) is 16.7. The van der Waals surface area contributed by atoms with Gasteiger partial charge in [-0.05, 0) is 51.0 Å². The van der Waals surface area contributed by atoms with Gasteiger partial charge in [0.2, 0.25) is 10.0 Å². The van der Waals surface area contributed by atoms with Crippen molar-refractivity contribution in [2.24, 2.45) is 0 Å². The maximum Gasteiger partial charge on any atom is 0.267 e. The third kappa shape index (κ3) is 3.80. The maximum atomic E-state index is 12.9. The molecular weight excluding hydrogens is 426 g/mol. The van der Waals surface area contributed by atoms with Gasteiger partial charge in [0.05, 0.1) is 16.8 Å². The molecule has 30 heavy (non-hydrogen) atoms. The van der Waals surface area contributed by atoms with E-state index in [0.717, 1.165) is 11.4 Å². The van der Waals surface area contributed by atoms with Crippen LogP contribution in [0.5, 0.6) is 0 Å². The Labute approximate surface area is 179 Å². The molecule has 1 aliphatic rings. The van der Waals surface area contributed by atoms with Gasteiger partial charge in [0.25, 0.3) is 5.56 Å². The first-order chi connectivity index (χ1) is 14.3. The van der Waals surface area contributed by atoms with Crippen LogP contribution in [0.4, 0.5) is 0 Å². The normalized spacial score (nSPS) is 16.1. The van der Waals surface area contributed by atoms with E-state index in [9.17, 15) is 13.2 Å². The van der Waals surface area contributed by atoms with Crippen molar-refractivity contribution < 1.29 is 8.42 Å². The van der Waals surface area contributed by atoms with E-state index < -0.39 is 10.0 Å². The molecule has 0 N–H and O–H groups in total. The van der Waals surface area contributed by atoms with Gasteiger partial charge in [-0.3, -0.25) is 4.79 Å². The van der Waals surface area contributed by atoms with Gasteiger partial charge >= 0.3 is 0 Å². The van der Waals surface area contributed by atoms with Crippen molar-refractivity contribution in [2.45, 2.75) is 37.6 Å². The molecule has 3 aromatic rings. The molecular formula is C20H22ClN5O3S. The Morgan fingerprint density at radius 3 is 2.37 bits per heavy atom. The molecule has 0 bridgehead atoms. The molecule has 4 rings (SSSR count). The van der Waals surface area contributed by atoms with Gasteiger partial charge in [0.15, 0.2) is 5.82 Å². The fraction of sp³-hybridized carbons (Fsp3) is 0.350. The molecule has 0 atom stereocenters. The summed E-state index contributed by atoms with van der Waals surface area (Å²) >= 11 is 6.09. The monoisotopic (exact) mass is 447 g/mol. The van der Waals surface area contributed by atoms with Gasteiger partial charge < -0.3 is 0 Å². The fourth-order valence-electron chi connectivity index (χ4n) is 3.77. The summed E-state index contributed by atoms with van der Waals surface area (Å²) in [4.78, 5) is 12.6. The van der Waals surface area contributed by atoms with Crippen LogP contribution in [-0.4, -0.2) is 45.4 Å². The van der Waals surface area contributed by atoms with E-state index in [1.165, 1.54) is 21.1 Å². The topological polar surface area (TPSA) is 90.1 Å². The zero-order chi connectivity index (χ0) is 21.5. The highest BCUT2D eigenvalue weighted by Crippen LogP contribution is 2.29. The number of benzene rings is 1. The average Bonchev–Trinajstić information content (AvgIpc) is 3.06. The van der Waals surface area contributed by atoms with Crippen LogP contribution in [0.3, 0.4) is 0 Å². The van der Waals surface area contributed by atoms with Gasteiger partial charge in [-0.1, -0.05) is 23.7 Å². The van der Waals surface area contributed by atoms with Gasteiger partial charge in [-0.15, -0.1) is 5.10 Å². The van der Waals surface area contributed by atoms with Crippen molar-refractivity contribution in [3.63, 3.8) is 0 Å². The molecule has 1 saturated heterocycles. The van der Waals surface area contributed by atoms with E-state index in [-0.39, 0.29) is 34.6 Å². The smallest absolute Gasteiger partial charge is 0.267 e. The van der Waals surface area contributed by atoms with Gasteiger partial charge in [-0.2, -0.15) is 9.40 Å². The first-order valence-electron chi connectivity index (χ1n) is 9.65. The summed E-state index contributed by atoms with van der Waals surface area (Å²) in [5.74, 6) is 0.561. The summed E-state index contributed by atoms with van der Waals surface area (Å²) in [5.41, 5.74) is 1.57. The van der Waals surface area contributed by atoms with Crippen molar-refractivity contribution in [2.75, 3.05) is 13.1 Å². The lowest BCUT2D eigenvalue weighted by atomic mass is 10.1. The number of nitrogens with zero attached hydrogens (tertiary/aromatic N) is 5. The molecule has 0 saturated carbocycles. The van der Waals surface area contributed by atoms with Crippen molar-refractivity contribution in [3.05, 3.63) is 69.2 Å². The van der Waals surface area contributed by atoms with Crippen LogP contribution in [0.25, 0.3) is 5.82 Å². The first kappa shape index (κ1) is 20.8. The Hall–Kier alpha value is -2.49. The molecule has 1 aromatic carbocycles. The molecule has 0 aliphatic carbocycles. The highest BCUT2D eigenvalue weighted by Gasteiger charge is 2.32. The lowest BCUT2D eigenvalue weighted by Crippen LogP contribution is -2.41. The quantitative estimate of drug-likeness (QED) is 0.613. The molecule has 0 spiro atoms. The standard InChI is InChI=1S/C20H22ClN5O3S/c1-14-13-15(2)25(22-14)19-7-8-20(27)26(23-19)16-9-11-24(12-10-16)30(28,29)18-6-4-3-5-17(18)21/h3-8,13,16H,9-12H2,1-2H3. The van der Waals surface area contributed by atoms with Crippen LogP contribution >= 0.6 is 11.6 Å². The molecule has 0 radical (unpaired) electrons. The Balaban J connectivity index is 1.56. The molecule has 10 heteroatoms. The Kier molecular flexibility index (Phi) is 5.52. The van der Waals surface area contributed by atoms with E-state index in [1.807, 2.05) is 19.9 Å². The second-order valence-electron chi connectivity index (χ2n) is 7.38. The summed E-state index contributed by atoms with van der Waals surface area (Å²) in [6.07, 6.45) is 0.967. The number of rotatable bonds is 4. The van der Waals surface area contributed by atoms with Crippen LogP contribution in [0.2, 0.25) is 5.02 Å². The second kappa shape index (κ2) is 7.98. The molecule has 8 nitrogen and oxygen atoms in total. The SMILES string of the molecule is Cc1cc(C)n(-c2ccc(=O)n(C3CCN(S(=O)(=O)c4ccccc4Cl)CC3)n2)n1. The highest BCUT2D eigenvalue weighted by atomic mass is 35.5. The first-order valence-corrected chi connectivity index (χ1v) is 11.5. The predicted octanol–water partition coefficient (Wildman–Crippen LogP) is 2.73. The largest absolute Gasteiger partial charge is 0.268 e. The third-order valence-corrected chi connectivity index (χ3v) is 7.66. The molecule has 0 unspecified atom stereocenters. The minimum atomic E-state index is -3.68. The second-order valence-corrected chi connectivity index (χ2v) is 9.69. The summed E-state index contributed by atoms with van der Waals surface area (Å²) in [6, 6.07) is 11.3. The van der Waals surface area contributed by atoms with Crippen LogP contribution in [-0.2, 0) is 10.0 Å². The molecule has 2 aromatic heterocycles. The third-order valence-electron chi connectivity index (χ3n) is 5.26. The summed E-state index contributed by atoms with van der Waals surface area (Å²) < 4.78 is 30.4. The summed E-state index contributed by atoms with van der Waals surface area (Å²) in [5, 5.41) is 9.14. The van der Waals surface area contributed by atoms with E-state index >= 15 is 0 Å². The summed E-state index contributed by atoms with van der Waals surface area (Å²) in [6.45, 7) is 4.40. The lowest BCUT2D eigenvalue weighted by Gasteiger charge is -2.31. The van der Waals surface area contributed by atoms with E-state index in [1.54, 1.807) is 28.9 Å². The molecule has 158 valence electrons. The number of hydrogen-bond donors (Lipinski definition) is 0. The Bertz CT molecular complexity index is 1240. The van der Waals surface area contributed by atoms with E-state index in [0.29, 0.717) is 18.7 Å². The number of sulfonamides is 1. The van der Waals surface area contributed by atoms with E-state index in [4.69, 9.17) is 11.6 Å². The predicted molar refractivity (Wildman–Crippen MR) is 114 cm³/mol. The van der Waals surface area contributed by atoms with Crippen molar-refractivity contribution >= 4 is 21.6 Å². The molecule has 3 heterocycles. The van der Waals surface area contributed by atoms with Gasteiger partial charge in [0, 0.05) is 24.8 Å². The van der Waals surface area contributed by atoms with Crippen LogP contribution in [0.1, 0.15) is 30.3 Å². The zero-order valence-corrected chi connectivity index (χ0v) is 18.3. The Morgan fingerprint density at radius 2 is 1.73 bits per heavy atom. The number of piperidine rings is 1. The van der Waals surface area contributed by atoms with Gasteiger partial charge in [-0.25, -0.2) is 17.8 Å². The van der Waals surface area contributed by atoms with Crippen molar-refractivity contribution in [1.29, 1.82) is 0 Å². The lowest BCUT2D eigenvalue weighted by molar-refractivity contribution is 0.254. The van der Waals surface area contributed by atoms with E-state index in [2.05, 4.69) is 10.2 Å². The van der Waals surface area contributed by atoms with Crippen LogP contribution in [0, 0.1) is 13.8 Å². The molecule has 0 amide bonds. The minimum Gasteiger partial charge on any atom is -0.268 e. The number of hydrogen-bond acceptors (Lipinski definition) is 5. The highest BCUT2D eigenvalue weighted by molar-refractivity contribution is 7.89. The van der Waals surface area contributed by atoms with Gasteiger partial charge in [0.1, 0.15) is 4.90 Å². The van der Waals surface area contributed by atoms with Crippen molar-refractivity contribution in [1.82, 2.24) is 23.9 Å². The molecule has 1 fully saturated rings. The number of aromatic nitrogens is 4. The Morgan fingerprint density at radius 1 is 1.03 bits per heavy atom. The van der Waals surface area contributed by atoms with Crippen molar-refractivity contribution in [3.8, 4) is 5.82 Å². The number of halogens is 1. The average molecular weight is 448 g/mol. The van der Waals surface area contributed by atoms with Crippen LogP contribution in [0.15, 0.2) is 52.2 Å². The molecule has 1 aliphatic heterocycles.